The van der Waals surface area contributed by atoms with Crippen molar-refractivity contribution in [2.75, 3.05) is 5.75 Å². The van der Waals surface area contributed by atoms with E-state index in [1.165, 1.54) is 16.7 Å². The summed E-state index contributed by atoms with van der Waals surface area (Å²) < 4.78 is 0.863. The number of carbonyl (C=O) groups excluding carboxylic acids is 1. The van der Waals surface area contributed by atoms with Crippen LogP contribution in [0, 0.1) is 3.57 Å². The molecule has 1 aliphatic rings. The fraction of sp³-hybridized carbons (Fsp3) is 0.429. The van der Waals surface area contributed by atoms with Gasteiger partial charge in [-0.3, -0.25) is 4.79 Å². The monoisotopic (exact) mass is 439 g/mol. The van der Waals surface area contributed by atoms with Gasteiger partial charge in [0, 0.05) is 14.9 Å². The van der Waals surface area contributed by atoms with Gasteiger partial charge in [-0.25, -0.2) is 4.79 Å². The highest BCUT2D eigenvalue weighted by Crippen LogP contribution is 2.34. The average molecular weight is 440 g/mol. The van der Waals surface area contributed by atoms with Crippen LogP contribution in [0.1, 0.15) is 30.1 Å². The zero-order chi connectivity index (χ0) is 15.6. The Morgan fingerprint density at radius 2 is 2.24 bits per heavy atom. The number of benzene rings is 1. The summed E-state index contributed by atoms with van der Waals surface area (Å²) in [6.07, 6.45) is 1.69. The second-order valence-corrected chi connectivity index (χ2v) is 7.55. The van der Waals surface area contributed by atoms with E-state index in [2.05, 4.69) is 22.6 Å². The number of rotatable bonds is 4. The number of aliphatic carboxylic acids is 1. The van der Waals surface area contributed by atoms with Crippen molar-refractivity contribution in [2.24, 2.45) is 0 Å². The highest BCUT2D eigenvalue weighted by Gasteiger charge is 2.41. The van der Waals surface area contributed by atoms with Gasteiger partial charge in [0.25, 0.3) is 5.91 Å². The molecule has 0 aromatic heterocycles. The summed E-state index contributed by atoms with van der Waals surface area (Å²) >= 11 is 9.68. The molecule has 1 heterocycles. The molecule has 1 saturated heterocycles. The van der Waals surface area contributed by atoms with E-state index in [1.807, 2.05) is 6.92 Å². The van der Waals surface area contributed by atoms with Gasteiger partial charge in [-0.05, 0) is 47.2 Å². The molecule has 0 bridgehead atoms. The third-order valence-corrected chi connectivity index (χ3v) is 6.24. The molecule has 1 aliphatic heterocycles. The summed E-state index contributed by atoms with van der Waals surface area (Å²) in [6, 6.07) is 4.30. The Labute approximate surface area is 146 Å². The summed E-state index contributed by atoms with van der Waals surface area (Å²) in [4.78, 5) is 25.6. The minimum Gasteiger partial charge on any atom is -0.480 e. The minimum absolute atomic E-state index is 0.0818. The van der Waals surface area contributed by atoms with Gasteiger partial charge in [-0.2, -0.15) is 0 Å². The highest BCUT2D eigenvalue weighted by molar-refractivity contribution is 14.1. The third-order valence-electron chi connectivity index (χ3n) is 3.31. The molecule has 21 heavy (non-hydrogen) atoms. The lowest BCUT2D eigenvalue weighted by molar-refractivity contribution is -0.141. The molecule has 4 nitrogen and oxygen atoms in total. The first kappa shape index (κ1) is 16.9. The van der Waals surface area contributed by atoms with Crippen LogP contribution in [0.15, 0.2) is 18.2 Å². The van der Waals surface area contributed by atoms with E-state index < -0.39 is 12.0 Å². The zero-order valence-electron chi connectivity index (χ0n) is 11.4. The number of hydrogen-bond donors (Lipinski definition) is 1. The first-order valence-corrected chi connectivity index (χ1v) is 9.08. The van der Waals surface area contributed by atoms with Crippen LogP contribution in [0.4, 0.5) is 0 Å². The van der Waals surface area contributed by atoms with E-state index in [1.54, 1.807) is 18.2 Å². The molecule has 2 unspecified atom stereocenters. The van der Waals surface area contributed by atoms with E-state index in [9.17, 15) is 14.7 Å². The normalized spacial score (nSPS) is 21.6. The SMILES string of the molecule is CCCC1SCC(C(=O)O)N1C(=O)c1ccc(I)c(Cl)c1. The van der Waals surface area contributed by atoms with Crippen LogP contribution < -0.4 is 0 Å². The quantitative estimate of drug-likeness (QED) is 0.727. The van der Waals surface area contributed by atoms with Gasteiger partial charge in [-0.15, -0.1) is 11.8 Å². The van der Waals surface area contributed by atoms with Crippen molar-refractivity contribution >= 4 is 57.8 Å². The third kappa shape index (κ3) is 3.65. The Kier molecular flexibility index (Phi) is 5.79. The maximum Gasteiger partial charge on any atom is 0.327 e. The predicted molar refractivity (Wildman–Crippen MR) is 92.9 cm³/mol. The van der Waals surface area contributed by atoms with Gasteiger partial charge in [-0.1, -0.05) is 24.9 Å². The van der Waals surface area contributed by atoms with Gasteiger partial charge in [0.2, 0.25) is 0 Å². The number of amides is 1. The molecule has 0 spiro atoms. The Bertz CT molecular complexity index is 569. The topological polar surface area (TPSA) is 57.6 Å². The van der Waals surface area contributed by atoms with E-state index in [-0.39, 0.29) is 11.3 Å². The van der Waals surface area contributed by atoms with E-state index in [0.717, 1.165) is 16.4 Å². The van der Waals surface area contributed by atoms with Gasteiger partial charge < -0.3 is 10.0 Å². The van der Waals surface area contributed by atoms with Gasteiger partial charge in [0.15, 0.2) is 0 Å². The molecule has 1 aromatic rings. The lowest BCUT2D eigenvalue weighted by Crippen LogP contribution is -2.45. The van der Waals surface area contributed by atoms with Gasteiger partial charge in [0.05, 0.1) is 10.4 Å². The molecule has 1 amide bonds. The van der Waals surface area contributed by atoms with Crippen LogP contribution in [0.5, 0.6) is 0 Å². The number of carboxylic acid groups (broad SMARTS) is 1. The fourth-order valence-corrected chi connectivity index (χ4v) is 4.30. The van der Waals surface area contributed by atoms with Crippen LogP contribution in [0.2, 0.25) is 5.02 Å². The second-order valence-electron chi connectivity index (χ2n) is 4.77. The number of carbonyl (C=O) groups is 2. The fourth-order valence-electron chi connectivity index (χ4n) is 2.27. The highest BCUT2D eigenvalue weighted by atomic mass is 127. The van der Waals surface area contributed by atoms with Crippen molar-refractivity contribution < 1.29 is 14.7 Å². The first-order valence-electron chi connectivity index (χ1n) is 6.57. The standard InChI is InChI=1S/C14H15ClINO3S/c1-2-3-12-17(11(7-21-12)14(19)20)13(18)8-4-5-10(16)9(15)6-8/h4-6,11-12H,2-3,7H2,1H3,(H,19,20). The summed E-state index contributed by atoms with van der Waals surface area (Å²) in [6.45, 7) is 2.03. The molecule has 0 radical (unpaired) electrons. The first-order chi connectivity index (χ1) is 9.95. The molecule has 7 heteroatoms. The predicted octanol–water partition coefficient (Wildman–Crippen LogP) is 3.71. The van der Waals surface area contributed by atoms with Crippen LogP contribution in [0.25, 0.3) is 0 Å². The van der Waals surface area contributed by atoms with Crippen molar-refractivity contribution in [1.82, 2.24) is 4.90 Å². The molecule has 2 rings (SSSR count). The van der Waals surface area contributed by atoms with Crippen LogP contribution >= 0.6 is 46.0 Å². The summed E-state index contributed by atoms with van der Waals surface area (Å²) in [5, 5.41) is 9.75. The second kappa shape index (κ2) is 7.19. The molecule has 0 saturated carbocycles. The Hall–Kier alpha value is -0.470. The lowest BCUT2D eigenvalue weighted by Gasteiger charge is -2.27. The molecule has 1 N–H and O–H groups in total. The number of hydrogen-bond acceptors (Lipinski definition) is 3. The van der Waals surface area contributed by atoms with E-state index >= 15 is 0 Å². The van der Waals surface area contributed by atoms with Crippen molar-refractivity contribution in [3.05, 3.63) is 32.4 Å². The van der Waals surface area contributed by atoms with Crippen molar-refractivity contribution in [1.29, 1.82) is 0 Å². The smallest absolute Gasteiger partial charge is 0.327 e. The zero-order valence-corrected chi connectivity index (χ0v) is 15.1. The number of nitrogens with zero attached hydrogens (tertiary/aromatic N) is 1. The average Bonchev–Trinajstić information content (AvgIpc) is 2.85. The molecule has 1 fully saturated rings. The molecular weight excluding hydrogens is 425 g/mol. The molecule has 2 atom stereocenters. The summed E-state index contributed by atoms with van der Waals surface area (Å²) in [7, 11) is 0. The Balaban J connectivity index is 2.31. The van der Waals surface area contributed by atoms with Gasteiger partial charge in [0.1, 0.15) is 6.04 Å². The summed E-state index contributed by atoms with van der Waals surface area (Å²) in [5.74, 6) is -0.778. The molecule has 1 aromatic carbocycles. The maximum atomic E-state index is 12.7. The van der Waals surface area contributed by atoms with Crippen LogP contribution in [0.3, 0.4) is 0 Å². The van der Waals surface area contributed by atoms with E-state index in [0.29, 0.717) is 16.3 Å². The molecular formula is C14H15ClINO3S. The Morgan fingerprint density at radius 1 is 1.52 bits per heavy atom. The van der Waals surface area contributed by atoms with Crippen molar-refractivity contribution in [2.45, 2.75) is 31.2 Å². The molecule has 114 valence electrons. The number of thioether (sulfide) groups is 1. The maximum absolute atomic E-state index is 12.7. The van der Waals surface area contributed by atoms with E-state index in [4.69, 9.17) is 11.6 Å². The lowest BCUT2D eigenvalue weighted by atomic mass is 10.1. The number of carboxylic acids is 1. The van der Waals surface area contributed by atoms with Crippen molar-refractivity contribution in [3.8, 4) is 0 Å². The number of halogens is 2. The van der Waals surface area contributed by atoms with Crippen LogP contribution in [-0.4, -0.2) is 39.1 Å². The summed E-state index contributed by atoms with van der Waals surface area (Å²) in [5.41, 5.74) is 0.440. The van der Waals surface area contributed by atoms with Crippen LogP contribution in [-0.2, 0) is 4.79 Å². The Morgan fingerprint density at radius 3 is 2.81 bits per heavy atom. The van der Waals surface area contributed by atoms with Crippen molar-refractivity contribution in [3.63, 3.8) is 0 Å². The largest absolute Gasteiger partial charge is 0.480 e. The minimum atomic E-state index is -0.953. The molecule has 0 aliphatic carbocycles. The van der Waals surface area contributed by atoms with Gasteiger partial charge >= 0.3 is 5.97 Å².